The maximum absolute atomic E-state index is 13.5. The van der Waals surface area contributed by atoms with Gasteiger partial charge in [0.2, 0.25) is 0 Å². The number of hydrogen-bond donors (Lipinski definition) is 2. The molecule has 2 aromatic carbocycles. The van der Waals surface area contributed by atoms with Gasteiger partial charge in [0, 0.05) is 16.2 Å². The average molecular weight is 356 g/mol. The molecule has 2 aromatic rings. The van der Waals surface area contributed by atoms with Crippen LogP contribution in [-0.4, -0.2) is 17.0 Å². The molecule has 0 atom stereocenters. The van der Waals surface area contributed by atoms with E-state index >= 15 is 0 Å². The molecule has 2 N–H and O–H groups in total. The van der Waals surface area contributed by atoms with Crippen molar-refractivity contribution in [1.29, 1.82) is 0 Å². The predicted molar refractivity (Wildman–Crippen MR) is 75.4 cm³/mol. The molecule has 108 valence electrons. The SMILES string of the molecule is O=C(O)c1cc(Br)cc(NC(=O)c2ccc(F)cc2F)c1. The first kappa shape index (κ1) is 15.1. The zero-order valence-corrected chi connectivity index (χ0v) is 11.9. The number of carboxylic acids is 1. The van der Waals surface area contributed by atoms with Crippen LogP contribution in [0, 0.1) is 11.6 Å². The Morgan fingerprint density at radius 1 is 1.10 bits per heavy atom. The van der Waals surface area contributed by atoms with Crippen molar-refractivity contribution in [1.82, 2.24) is 0 Å². The molecule has 0 saturated heterocycles. The summed E-state index contributed by atoms with van der Waals surface area (Å²) in [6, 6.07) is 6.62. The molecule has 4 nitrogen and oxygen atoms in total. The fourth-order valence-electron chi connectivity index (χ4n) is 1.66. The highest BCUT2D eigenvalue weighted by atomic mass is 79.9. The number of hydrogen-bond acceptors (Lipinski definition) is 2. The summed E-state index contributed by atoms with van der Waals surface area (Å²) in [5, 5.41) is 11.3. The first-order chi connectivity index (χ1) is 9.86. The van der Waals surface area contributed by atoms with Gasteiger partial charge in [0.1, 0.15) is 11.6 Å². The number of amides is 1. The summed E-state index contributed by atoms with van der Waals surface area (Å²) in [6.45, 7) is 0. The van der Waals surface area contributed by atoms with E-state index in [1.807, 2.05) is 0 Å². The Hall–Kier alpha value is -2.28. The highest BCUT2D eigenvalue weighted by molar-refractivity contribution is 9.10. The maximum atomic E-state index is 13.5. The van der Waals surface area contributed by atoms with Crippen LogP contribution >= 0.6 is 15.9 Å². The Kier molecular flexibility index (Phi) is 4.32. The Labute approximate surface area is 126 Å². The summed E-state index contributed by atoms with van der Waals surface area (Å²) < 4.78 is 26.7. The molecule has 0 aliphatic heterocycles. The molecule has 0 aromatic heterocycles. The minimum Gasteiger partial charge on any atom is -0.478 e. The molecule has 0 saturated carbocycles. The molecular weight excluding hydrogens is 348 g/mol. The second kappa shape index (κ2) is 6.01. The zero-order chi connectivity index (χ0) is 15.6. The van der Waals surface area contributed by atoms with Crippen LogP contribution in [0.15, 0.2) is 40.9 Å². The van der Waals surface area contributed by atoms with Crippen LogP contribution in [0.5, 0.6) is 0 Å². The number of benzene rings is 2. The van der Waals surface area contributed by atoms with Crippen LogP contribution in [0.4, 0.5) is 14.5 Å². The van der Waals surface area contributed by atoms with Crippen LogP contribution in [0.1, 0.15) is 20.7 Å². The number of aromatic carboxylic acids is 1. The van der Waals surface area contributed by atoms with Gasteiger partial charge in [-0.3, -0.25) is 4.79 Å². The maximum Gasteiger partial charge on any atom is 0.335 e. The van der Waals surface area contributed by atoms with Gasteiger partial charge in [-0.2, -0.15) is 0 Å². The van der Waals surface area contributed by atoms with E-state index in [1.54, 1.807) is 0 Å². The number of carbonyl (C=O) groups excluding carboxylic acids is 1. The lowest BCUT2D eigenvalue weighted by Gasteiger charge is -2.08. The van der Waals surface area contributed by atoms with Crippen LogP contribution in [0.25, 0.3) is 0 Å². The van der Waals surface area contributed by atoms with Crippen molar-refractivity contribution in [2.75, 3.05) is 5.32 Å². The Balaban J connectivity index is 2.29. The van der Waals surface area contributed by atoms with E-state index in [4.69, 9.17) is 5.11 Å². The van der Waals surface area contributed by atoms with Crippen molar-refractivity contribution in [3.63, 3.8) is 0 Å². The lowest BCUT2D eigenvalue weighted by Crippen LogP contribution is -2.14. The molecule has 0 heterocycles. The van der Waals surface area contributed by atoms with Crippen LogP contribution in [0.2, 0.25) is 0 Å². The minimum absolute atomic E-state index is 0.0424. The lowest BCUT2D eigenvalue weighted by molar-refractivity contribution is 0.0696. The molecule has 1 amide bonds. The van der Waals surface area contributed by atoms with Gasteiger partial charge < -0.3 is 10.4 Å². The van der Waals surface area contributed by atoms with Crippen molar-refractivity contribution in [3.05, 3.63) is 63.6 Å². The Morgan fingerprint density at radius 3 is 2.43 bits per heavy atom. The largest absolute Gasteiger partial charge is 0.478 e. The molecule has 0 spiro atoms. The first-order valence-electron chi connectivity index (χ1n) is 5.67. The fraction of sp³-hybridized carbons (Fsp3) is 0. The molecule has 7 heteroatoms. The standard InChI is InChI=1S/C14H8BrF2NO3/c15-8-3-7(14(20)21)4-10(5-8)18-13(19)11-2-1-9(16)6-12(11)17/h1-6H,(H,18,19)(H,20,21). The third kappa shape index (κ3) is 3.63. The van der Waals surface area contributed by atoms with Crippen molar-refractivity contribution < 1.29 is 23.5 Å². The summed E-state index contributed by atoms with van der Waals surface area (Å²) >= 11 is 3.11. The van der Waals surface area contributed by atoms with E-state index in [-0.39, 0.29) is 16.8 Å². The van der Waals surface area contributed by atoms with Gasteiger partial charge in [-0.1, -0.05) is 15.9 Å². The second-order valence-corrected chi connectivity index (χ2v) is 5.03. The summed E-state index contributed by atoms with van der Waals surface area (Å²) in [5.74, 6) is -3.76. The van der Waals surface area contributed by atoms with Crippen LogP contribution < -0.4 is 5.32 Å². The molecular formula is C14H8BrF2NO3. The van der Waals surface area contributed by atoms with Gasteiger partial charge in [0.25, 0.3) is 5.91 Å². The highest BCUT2D eigenvalue weighted by Gasteiger charge is 2.14. The molecule has 0 aliphatic rings. The van der Waals surface area contributed by atoms with Gasteiger partial charge in [-0.05, 0) is 30.3 Å². The van der Waals surface area contributed by atoms with E-state index < -0.39 is 23.5 Å². The minimum atomic E-state index is -1.17. The number of rotatable bonds is 3. The fourth-order valence-corrected chi connectivity index (χ4v) is 2.15. The molecule has 0 fully saturated rings. The molecule has 21 heavy (non-hydrogen) atoms. The Bertz CT molecular complexity index is 734. The van der Waals surface area contributed by atoms with Crippen molar-refractivity contribution >= 4 is 33.5 Å². The van der Waals surface area contributed by atoms with Crippen molar-refractivity contribution in [2.45, 2.75) is 0 Å². The second-order valence-electron chi connectivity index (χ2n) is 4.11. The number of halogens is 3. The topological polar surface area (TPSA) is 66.4 Å². The van der Waals surface area contributed by atoms with E-state index in [1.165, 1.54) is 18.2 Å². The predicted octanol–water partition coefficient (Wildman–Crippen LogP) is 3.68. The summed E-state index contributed by atoms with van der Waals surface area (Å²) in [4.78, 5) is 22.8. The summed E-state index contributed by atoms with van der Waals surface area (Å²) in [7, 11) is 0. The normalized spacial score (nSPS) is 10.2. The summed E-state index contributed by atoms with van der Waals surface area (Å²) in [6.07, 6.45) is 0. The average Bonchev–Trinajstić information content (AvgIpc) is 2.37. The molecule has 0 unspecified atom stereocenters. The number of anilines is 1. The van der Waals surface area contributed by atoms with Crippen molar-refractivity contribution in [3.8, 4) is 0 Å². The number of nitrogens with one attached hydrogen (secondary N) is 1. The smallest absolute Gasteiger partial charge is 0.335 e. The number of carboxylic acid groups (broad SMARTS) is 1. The van der Waals surface area contributed by atoms with Gasteiger partial charge in [-0.25, -0.2) is 13.6 Å². The van der Waals surface area contributed by atoms with Gasteiger partial charge in [0.15, 0.2) is 0 Å². The molecule has 2 rings (SSSR count). The molecule has 0 aliphatic carbocycles. The van der Waals surface area contributed by atoms with Gasteiger partial charge >= 0.3 is 5.97 Å². The van der Waals surface area contributed by atoms with Gasteiger partial charge in [0.05, 0.1) is 11.1 Å². The molecule has 0 bridgehead atoms. The monoisotopic (exact) mass is 355 g/mol. The molecule has 0 radical (unpaired) electrons. The highest BCUT2D eigenvalue weighted by Crippen LogP contribution is 2.21. The third-order valence-corrected chi connectivity index (χ3v) is 3.04. The third-order valence-electron chi connectivity index (χ3n) is 2.58. The Morgan fingerprint density at radius 2 is 1.81 bits per heavy atom. The summed E-state index contributed by atoms with van der Waals surface area (Å²) in [5.41, 5.74) is -0.206. The van der Waals surface area contributed by atoms with E-state index in [0.717, 1.165) is 12.1 Å². The number of carbonyl (C=O) groups is 2. The van der Waals surface area contributed by atoms with Crippen LogP contribution in [-0.2, 0) is 0 Å². The lowest BCUT2D eigenvalue weighted by atomic mass is 10.1. The first-order valence-corrected chi connectivity index (χ1v) is 6.46. The van der Waals surface area contributed by atoms with Crippen LogP contribution in [0.3, 0.4) is 0 Å². The zero-order valence-electron chi connectivity index (χ0n) is 10.4. The van der Waals surface area contributed by atoms with Crippen molar-refractivity contribution in [2.24, 2.45) is 0 Å². The van der Waals surface area contributed by atoms with E-state index in [0.29, 0.717) is 10.5 Å². The van der Waals surface area contributed by atoms with Gasteiger partial charge in [-0.15, -0.1) is 0 Å². The quantitative estimate of drug-likeness (QED) is 0.882. The van der Waals surface area contributed by atoms with E-state index in [9.17, 15) is 18.4 Å². The van der Waals surface area contributed by atoms with E-state index in [2.05, 4.69) is 21.2 Å².